The number of benzene rings is 1. The van der Waals surface area contributed by atoms with Crippen molar-refractivity contribution in [3.8, 4) is 0 Å². The number of carbonyl (C=O) groups is 1. The number of esters is 1. The van der Waals surface area contributed by atoms with Crippen molar-refractivity contribution < 1.29 is 22.3 Å². The lowest BCUT2D eigenvalue weighted by atomic mass is 10.2. The zero-order valence-corrected chi connectivity index (χ0v) is 12.7. The molecule has 0 aliphatic rings. The first-order valence-electron chi connectivity index (χ1n) is 5.25. The second-order valence-corrected chi connectivity index (χ2v) is 6.59. The molecule has 0 aromatic heterocycles. The van der Waals surface area contributed by atoms with Gasteiger partial charge in [-0.05, 0) is 30.7 Å². The molecule has 1 N–H and O–H groups in total. The van der Waals surface area contributed by atoms with Gasteiger partial charge in [-0.2, -0.15) is 0 Å². The quantitative estimate of drug-likeness (QED) is 0.640. The fourth-order valence-electron chi connectivity index (χ4n) is 1.39. The minimum Gasteiger partial charge on any atom is -0.468 e. The summed E-state index contributed by atoms with van der Waals surface area (Å²) in [7, 11) is -2.60. The molecular formula is C11H13BrFNO4S. The zero-order chi connectivity index (χ0) is 14.6. The lowest BCUT2D eigenvalue weighted by Crippen LogP contribution is -2.34. The molecule has 0 saturated heterocycles. The Morgan fingerprint density at radius 3 is 2.68 bits per heavy atom. The Bertz CT molecular complexity index is 576. The van der Waals surface area contributed by atoms with Crippen LogP contribution in [0.3, 0.4) is 0 Å². The number of carbonyl (C=O) groups excluding carboxylic acids is 1. The number of hydrogen-bond acceptors (Lipinski definition) is 4. The first kappa shape index (κ1) is 16.1. The highest BCUT2D eigenvalue weighted by atomic mass is 79.9. The number of methoxy groups -OCH3 is 1. The smallest absolute Gasteiger partial charge is 0.320 e. The molecule has 106 valence electrons. The maximum absolute atomic E-state index is 12.9. The number of sulfonamides is 1. The van der Waals surface area contributed by atoms with Crippen molar-refractivity contribution in [3.63, 3.8) is 0 Å². The van der Waals surface area contributed by atoms with Crippen LogP contribution in [-0.4, -0.2) is 32.9 Å². The van der Waals surface area contributed by atoms with Gasteiger partial charge in [0.15, 0.2) is 0 Å². The van der Waals surface area contributed by atoms with Gasteiger partial charge in [-0.15, -0.1) is 0 Å². The number of halogens is 2. The molecule has 0 aliphatic heterocycles. The van der Waals surface area contributed by atoms with Gasteiger partial charge < -0.3 is 4.74 Å². The fourth-order valence-corrected chi connectivity index (χ4v) is 3.22. The molecule has 0 aliphatic carbocycles. The SMILES string of the molecule is COC(=O)C(Br)CNS(=O)(=O)c1ccc(F)cc1C. The van der Waals surface area contributed by atoms with Crippen molar-refractivity contribution in [2.75, 3.05) is 13.7 Å². The van der Waals surface area contributed by atoms with Gasteiger partial charge in [0.05, 0.1) is 12.0 Å². The molecular weight excluding hydrogens is 341 g/mol. The third kappa shape index (κ3) is 4.26. The largest absolute Gasteiger partial charge is 0.468 e. The number of rotatable bonds is 5. The summed E-state index contributed by atoms with van der Waals surface area (Å²) in [6.45, 7) is 1.33. The number of alkyl halides is 1. The molecule has 1 unspecified atom stereocenters. The van der Waals surface area contributed by atoms with Crippen LogP contribution in [0.5, 0.6) is 0 Å². The average Bonchev–Trinajstić information content (AvgIpc) is 2.34. The van der Waals surface area contributed by atoms with Crippen molar-refractivity contribution in [1.82, 2.24) is 4.72 Å². The Labute approximate surface area is 119 Å². The Morgan fingerprint density at radius 2 is 2.16 bits per heavy atom. The van der Waals surface area contributed by atoms with Crippen LogP contribution in [0.2, 0.25) is 0 Å². The maximum atomic E-state index is 12.9. The van der Waals surface area contributed by atoms with Crippen LogP contribution < -0.4 is 4.72 Å². The van der Waals surface area contributed by atoms with Crippen LogP contribution in [0.1, 0.15) is 5.56 Å². The zero-order valence-electron chi connectivity index (χ0n) is 10.3. The third-order valence-electron chi connectivity index (χ3n) is 2.34. The van der Waals surface area contributed by atoms with E-state index in [9.17, 15) is 17.6 Å². The molecule has 0 fully saturated rings. The van der Waals surface area contributed by atoms with E-state index in [1.54, 1.807) is 0 Å². The summed E-state index contributed by atoms with van der Waals surface area (Å²) < 4.78 is 43.6. The van der Waals surface area contributed by atoms with Crippen molar-refractivity contribution in [3.05, 3.63) is 29.6 Å². The standard InChI is InChI=1S/C11H13BrFNO4S/c1-7-5-8(13)3-4-10(7)19(16,17)14-6-9(12)11(15)18-2/h3-5,9,14H,6H2,1-2H3. The van der Waals surface area contributed by atoms with E-state index >= 15 is 0 Å². The van der Waals surface area contributed by atoms with E-state index in [0.717, 1.165) is 12.1 Å². The second kappa shape index (κ2) is 6.44. The van der Waals surface area contributed by atoms with Gasteiger partial charge in [0.1, 0.15) is 10.6 Å². The van der Waals surface area contributed by atoms with Crippen molar-refractivity contribution in [2.45, 2.75) is 16.6 Å². The van der Waals surface area contributed by atoms with Gasteiger partial charge >= 0.3 is 5.97 Å². The monoisotopic (exact) mass is 353 g/mol. The molecule has 19 heavy (non-hydrogen) atoms. The summed E-state index contributed by atoms with van der Waals surface area (Å²) in [5.74, 6) is -1.09. The van der Waals surface area contributed by atoms with E-state index in [4.69, 9.17) is 0 Å². The van der Waals surface area contributed by atoms with Gasteiger partial charge in [0, 0.05) is 6.54 Å². The Hall–Kier alpha value is -0.990. The molecule has 0 spiro atoms. The lowest BCUT2D eigenvalue weighted by molar-refractivity contribution is -0.139. The van der Waals surface area contributed by atoms with E-state index in [0.29, 0.717) is 0 Å². The van der Waals surface area contributed by atoms with Crippen molar-refractivity contribution in [1.29, 1.82) is 0 Å². The Morgan fingerprint density at radius 1 is 1.53 bits per heavy atom. The first-order chi connectivity index (χ1) is 8.77. The molecule has 0 heterocycles. The minimum atomic E-state index is -3.80. The Balaban J connectivity index is 2.85. The van der Waals surface area contributed by atoms with Crippen LogP contribution in [0, 0.1) is 12.7 Å². The lowest BCUT2D eigenvalue weighted by Gasteiger charge is -2.11. The van der Waals surface area contributed by atoms with Crippen LogP contribution in [-0.2, 0) is 19.6 Å². The van der Waals surface area contributed by atoms with Gasteiger partial charge in [0.25, 0.3) is 0 Å². The van der Waals surface area contributed by atoms with Crippen LogP contribution in [0.15, 0.2) is 23.1 Å². The maximum Gasteiger partial charge on any atom is 0.320 e. The van der Waals surface area contributed by atoms with E-state index in [1.165, 1.54) is 20.1 Å². The molecule has 0 bridgehead atoms. The van der Waals surface area contributed by atoms with Crippen LogP contribution >= 0.6 is 15.9 Å². The van der Waals surface area contributed by atoms with Crippen LogP contribution in [0.4, 0.5) is 4.39 Å². The average molecular weight is 354 g/mol. The number of hydrogen-bond donors (Lipinski definition) is 1. The molecule has 0 saturated carbocycles. The first-order valence-corrected chi connectivity index (χ1v) is 7.65. The molecule has 0 amide bonds. The highest BCUT2D eigenvalue weighted by molar-refractivity contribution is 9.10. The normalized spacial score (nSPS) is 13.1. The topological polar surface area (TPSA) is 72.5 Å². The summed E-state index contributed by atoms with van der Waals surface area (Å²) in [6.07, 6.45) is 0. The van der Waals surface area contributed by atoms with Gasteiger partial charge in [-0.25, -0.2) is 17.5 Å². The van der Waals surface area contributed by atoms with E-state index in [-0.39, 0.29) is 17.0 Å². The molecule has 1 atom stereocenters. The van der Waals surface area contributed by atoms with Gasteiger partial charge in [0.2, 0.25) is 10.0 Å². The molecule has 0 radical (unpaired) electrons. The van der Waals surface area contributed by atoms with E-state index < -0.39 is 26.6 Å². The molecule has 1 rings (SSSR count). The van der Waals surface area contributed by atoms with E-state index in [1.807, 2.05) is 0 Å². The minimum absolute atomic E-state index is 0.0292. The number of aryl methyl sites for hydroxylation is 1. The van der Waals surface area contributed by atoms with Crippen molar-refractivity contribution >= 4 is 31.9 Å². The fraction of sp³-hybridized carbons (Fsp3) is 0.364. The van der Waals surface area contributed by atoms with Crippen molar-refractivity contribution in [2.24, 2.45) is 0 Å². The predicted molar refractivity (Wildman–Crippen MR) is 71.1 cm³/mol. The van der Waals surface area contributed by atoms with Crippen LogP contribution in [0.25, 0.3) is 0 Å². The van der Waals surface area contributed by atoms with E-state index in [2.05, 4.69) is 25.4 Å². The molecule has 1 aromatic carbocycles. The second-order valence-electron chi connectivity index (χ2n) is 3.75. The number of nitrogens with one attached hydrogen (secondary N) is 1. The predicted octanol–water partition coefficient (Wildman–Crippen LogP) is 1.35. The molecule has 8 heteroatoms. The summed E-state index contributed by atoms with van der Waals surface area (Å²) >= 11 is 3.00. The summed E-state index contributed by atoms with van der Waals surface area (Å²) in [5.41, 5.74) is 0.289. The van der Waals surface area contributed by atoms with Gasteiger partial charge in [-0.3, -0.25) is 4.79 Å². The summed E-state index contributed by atoms with van der Waals surface area (Å²) in [4.78, 5) is 10.3. The molecule has 5 nitrogen and oxygen atoms in total. The third-order valence-corrected chi connectivity index (χ3v) is 4.62. The highest BCUT2D eigenvalue weighted by Gasteiger charge is 2.21. The summed E-state index contributed by atoms with van der Waals surface area (Å²) in [6, 6.07) is 3.36. The highest BCUT2D eigenvalue weighted by Crippen LogP contribution is 2.16. The summed E-state index contributed by atoms with van der Waals surface area (Å²) in [5, 5.41) is 0. The Kier molecular flexibility index (Phi) is 5.45. The number of ether oxygens (including phenoxy) is 1. The molecule has 1 aromatic rings. The van der Waals surface area contributed by atoms with Gasteiger partial charge in [-0.1, -0.05) is 15.9 Å².